The van der Waals surface area contributed by atoms with Gasteiger partial charge in [-0.05, 0) is 19.3 Å². The van der Waals surface area contributed by atoms with E-state index in [1.54, 1.807) is 12.5 Å². The number of hydrogen-bond acceptors (Lipinski definition) is 5. The van der Waals surface area contributed by atoms with Gasteiger partial charge in [-0.25, -0.2) is 9.97 Å². The number of amides is 1. The van der Waals surface area contributed by atoms with E-state index in [2.05, 4.69) is 26.0 Å². The summed E-state index contributed by atoms with van der Waals surface area (Å²) >= 11 is 0. The van der Waals surface area contributed by atoms with Gasteiger partial charge in [-0.15, -0.1) is 0 Å². The van der Waals surface area contributed by atoms with E-state index < -0.39 is 5.91 Å². The maximum atomic E-state index is 11.2. The molecule has 120 valence electrons. The predicted octanol–water partition coefficient (Wildman–Crippen LogP) is 1.49. The van der Waals surface area contributed by atoms with Crippen LogP contribution in [0.3, 0.4) is 0 Å². The molecular weight excluding hydrogens is 292 g/mol. The van der Waals surface area contributed by atoms with Crippen LogP contribution in [-0.4, -0.2) is 38.7 Å². The average Bonchev–Trinajstić information content (AvgIpc) is 3.15. The zero-order chi connectivity index (χ0) is 15.8. The van der Waals surface area contributed by atoms with Crippen LogP contribution in [0.4, 0.5) is 5.82 Å². The van der Waals surface area contributed by atoms with Gasteiger partial charge in [0.05, 0.1) is 17.8 Å². The molecule has 2 fully saturated rings. The van der Waals surface area contributed by atoms with Crippen molar-refractivity contribution in [2.75, 3.05) is 18.0 Å². The van der Waals surface area contributed by atoms with Crippen LogP contribution in [0, 0.1) is 0 Å². The van der Waals surface area contributed by atoms with Crippen LogP contribution < -0.4 is 10.6 Å². The van der Waals surface area contributed by atoms with E-state index in [-0.39, 0.29) is 6.04 Å². The molecule has 2 aromatic rings. The zero-order valence-corrected chi connectivity index (χ0v) is 12.9. The Labute approximate surface area is 134 Å². The molecule has 1 amide bonds. The molecule has 4 rings (SSSR count). The lowest BCUT2D eigenvalue weighted by Gasteiger charge is -2.26. The minimum Gasteiger partial charge on any atom is -0.366 e. The van der Waals surface area contributed by atoms with Crippen LogP contribution in [0.1, 0.15) is 53.7 Å². The third kappa shape index (κ3) is 2.67. The second-order valence-corrected chi connectivity index (χ2v) is 6.39. The Bertz CT molecular complexity index is 723. The summed E-state index contributed by atoms with van der Waals surface area (Å²) < 4.78 is 1.84. The highest BCUT2D eigenvalue weighted by Gasteiger charge is 2.27. The first-order valence-electron chi connectivity index (χ1n) is 8.11. The summed E-state index contributed by atoms with van der Waals surface area (Å²) in [5.41, 5.74) is 6.91. The normalized spacial score (nSPS) is 21.4. The van der Waals surface area contributed by atoms with Crippen LogP contribution >= 0.6 is 0 Å². The van der Waals surface area contributed by atoms with Gasteiger partial charge in [-0.2, -0.15) is 5.10 Å². The zero-order valence-electron chi connectivity index (χ0n) is 12.9. The van der Waals surface area contributed by atoms with E-state index in [0.29, 0.717) is 11.5 Å². The van der Waals surface area contributed by atoms with E-state index >= 15 is 0 Å². The molecule has 2 aliphatic rings. The molecule has 1 atom stereocenters. The van der Waals surface area contributed by atoms with Gasteiger partial charge < -0.3 is 10.6 Å². The lowest BCUT2D eigenvalue weighted by Crippen LogP contribution is -2.23. The largest absolute Gasteiger partial charge is 0.366 e. The molecule has 1 saturated heterocycles. The van der Waals surface area contributed by atoms with Crippen molar-refractivity contribution in [3.63, 3.8) is 0 Å². The van der Waals surface area contributed by atoms with Crippen molar-refractivity contribution in [3.05, 3.63) is 36.0 Å². The molecule has 3 heterocycles. The fraction of sp³-hybridized carbons (Fsp3) is 0.500. The molecule has 0 radical (unpaired) electrons. The van der Waals surface area contributed by atoms with Gasteiger partial charge in [0.2, 0.25) is 0 Å². The Morgan fingerprint density at radius 1 is 1.26 bits per heavy atom. The second-order valence-electron chi connectivity index (χ2n) is 6.39. The van der Waals surface area contributed by atoms with E-state index in [4.69, 9.17) is 5.73 Å². The van der Waals surface area contributed by atoms with Crippen molar-refractivity contribution >= 4 is 11.7 Å². The topological polar surface area (TPSA) is 89.9 Å². The van der Waals surface area contributed by atoms with E-state index in [0.717, 1.165) is 25.3 Å². The van der Waals surface area contributed by atoms with Crippen molar-refractivity contribution in [1.29, 1.82) is 0 Å². The lowest BCUT2D eigenvalue weighted by molar-refractivity contribution is 0.1000. The minimum atomic E-state index is -0.438. The van der Waals surface area contributed by atoms with Gasteiger partial charge in [-0.3, -0.25) is 9.48 Å². The number of primary amides is 1. The van der Waals surface area contributed by atoms with Crippen molar-refractivity contribution in [1.82, 2.24) is 19.7 Å². The van der Waals surface area contributed by atoms with Gasteiger partial charge in [0, 0.05) is 37.0 Å². The standard InChI is InChI=1S/C16H20N6O/c17-16(23)12-7-20-22(8-12)13-4-5-21(9-13)15-6-14(18-10-19-15)11-2-1-3-11/h6-8,10-11,13H,1-5,9H2,(H2,17,23). The van der Waals surface area contributed by atoms with Crippen molar-refractivity contribution in [3.8, 4) is 0 Å². The second kappa shape index (κ2) is 5.64. The summed E-state index contributed by atoms with van der Waals surface area (Å²) in [6, 6.07) is 2.37. The molecule has 1 aliphatic carbocycles. The Balaban J connectivity index is 1.48. The summed E-state index contributed by atoms with van der Waals surface area (Å²) in [4.78, 5) is 22.3. The average molecular weight is 312 g/mol. The number of nitrogens with two attached hydrogens (primary N) is 1. The number of rotatable bonds is 4. The highest BCUT2D eigenvalue weighted by molar-refractivity contribution is 5.92. The van der Waals surface area contributed by atoms with Gasteiger partial charge in [0.15, 0.2) is 0 Å². The summed E-state index contributed by atoms with van der Waals surface area (Å²) in [5.74, 6) is 1.16. The summed E-state index contributed by atoms with van der Waals surface area (Å²) in [6.45, 7) is 1.76. The third-order valence-corrected chi connectivity index (χ3v) is 4.94. The molecule has 1 unspecified atom stereocenters. The minimum absolute atomic E-state index is 0.241. The maximum absolute atomic E-state index is 11.2. The fourth-order valence-corrected chi connectivity index (χ4v) is 3.29. The van der Waals surface area contributed by atoms with Crippen LogP contribution in [0.2, 0.25) is 0 Å². The Morgan fingerprint density at radius 3 is 2.83 bits per heavy atom. The molecule has 23 heavy (non-hydrogen) atoms. The monoisotopic (exact) mass is 312 g/mol. The van der Waals surface area contributed by atoms with Crippen LogP contribution in [0.25, 0.3) is 0 Å². The van der Waals surface area contributed by atoms with Crippen molar-refractivity contribution < 1.29 is 4.79 Å². The summed E-state index contributed by atoms with van der Waals surface area (Å²) in [7, 11) is 0. The molecule has 2 N–H and O–H groups in total. The van der Waals surface area contributed by atoms with Gasteiger partial charge in [-0.1, -0.05) is 6.42 Å². The Morgan fingerprint density at radius 2 is 2.13 bits per heavy atom. The van der Waals surface area contributed by atoms with Crippen LogP contribution in [0.5, 0.6) is 0 Å². The number of anilines is 1. The molecule has 0 bridgehead atoms. The molecule has 0 aromatic carbocycles. The van der Waals surface area contributed by atoms with E-state index in [9.17, 15) is 4.79 Å². The molecule has 1 aliphatic heterocycles. The fourth-order valence-electron chi connectivity index (χ4n) is 3.29. The van der Waals surface area contributed by atoms with Gasteiger partial charge in [0.1, 0.15) is 12.1 Å². The quantitative estimate of drug-likeness (QED) is 0.923. The Kier molecular flexibility index (Phi) is 3.48. The molecule has 1 saturated carbocycles. The first-order chi connectivity index (χ1) is 11.2. The highest BCUT2D eigenvalue weighted by atomic mass is 16.1. The molecule has 7 heteroatoms. The molecular formula is C16H20N6O. The first-order valence-corrected chi connectivity index (χ1v) is 8.11. The van der Waals surface area contributed by atoms with E-state index in [1.807, 2.05) is 4.68 Å². The van der Waals surface area contributed by atoms with Crippen molar-refractivity contribution in [2.45, 2.75) is 37.6 Å². The van der Waals surface area contributed by atoms with Crippen LogP contribution in [-0.2, 0) is 0 Å². The number of carbonyl (C=O) groups excluding carboxylic acids is 1. The smallest absolute Gasteiger partial charge is 0.251 e. The maximum Gasteiger partial charge on any atom is 0.251 e. The van der Waals surface area contributed by atoms with Crippen LogP contribution in [0.15, 0.2) is 24.8 Å². The number of nitrogens with zero attached hydrogens (tertiary/aromatic N) is 5. The number of carbonyl (C=O) groups is 1. The van der Waals surface area contributed by atoms with Gasteiger partial charge in [0.25, 0.3) is 5.91 Å². The number of aromatic nitrogens is 4. The lowest BCUT2D eigenvalue weighted by atomic mass is 9.83. The summed E-state index contributed by atoms with van der Waals surface area (Å²) in [5, 5.41) is 4.27. The van der Waals surface area contributed by atoms with Crippen molar-refractivity contribution in [2.24, 2.45) is 5.73 Å². The molecule has 2 aromatic heterocycles. The molecule has 0 spiro atoms. The number of hydrogen-bond donors (Lipinski definition) is 1. The molecule has 7 nitrogen and oxygen atoms in total. The predicted molar refractivity (Wildman–Crippen MR) is 85.2 cm³/mol. The van der Waals surface area contributed by atoms with E-state index in [1.165, 1.54) is 31.2 Å². The Hall–Kier alpha value is -2.44. The van der Waals surface area contributed by atoms with Gasteiger partial charge >= 0.3 is 0 Å². The highest BCUT2D eigenvalue weighted by Crippen LogP contribution is 2.36. The SMILES string of the molecule is NC(=O)c1cnn(C2CCN(c3cc(C4CCC4)ncn3)C2)c1. The summed E-state index contributed by atoms with van der Waals surface area (Å²) in [6.07, 6.45) is 9.69. The third-order valence-electron chi connectivity index (χ3n) is 4.94. The first kappa shape index (κ1) is 14.2.